The molecular formula is C20H16Cl2N2O4S. The SMILES string of the molecule is CS(=O)(=O)c1ccccc1Oc1cc(C(=O)NCc2ccc(Cl)cc2Cl)ccn1. The van der Waals surface area contributed by atoms with Gasteiger partial charge in [-0.1, -0.05) is 41.4 Å². The third-order valence-electron chi connectivity index (χ3n) is 3.91. The molecule has 150 valence electrons. The summed E-state index contributed by atoms with van der Waals surface area (Å²) >= 11 is 12.0. The van der Waals surface area contributed by atoms with Crippen LogP contribution < -0.4 is 10.1 Å². The Balaban J connectivity index is 1.75. The van der Waals surface area contributed by atoms with E-state index in [0.29, 0.717) is 15.6 Å². The van der Waals surface area contributed by atoms with Gasteiger partial charge in [-0.05, 0) is 35.9 Å². The molecule has 0 spiro atoms. The van der Waals surface area contributed by atoms with Gasteiger partial charge in [0.25, 0.3) is 5.91 Å². The van der Waals surface area contributed by atoms with Crippen LogP contribution in [-0.4, -0.2) is 25.6 Å². The van der Waals surface area contributed by atoms with Crippen LogP contribution in [0.5, 0.6) is 11.6 Å². The van der Waals surface area contributed by atoms with E-state index >= 15 is 0 Å². The van der Waals surface area contributed by atoms with Crippen LogP contribution in [0.25, 0.3) is 0 Å². The fraction of sp³-hybridized carbons (Fsp3) is 0.100. The fourth-order valence-corrected chi connectivity index (χ4v) is 3.78. The van der Waals surface area contributed by atoms with Crippen LogP contribution >= 0.6 is 23.2 Å². The zero-order valence-corrected chi connectivity index (χ0v) is 17.6. The first kappa shape index (κ1) is 21.1. The molecule has 0 unspecified atom stereocenters. The monoisotopic (exact) mass is 450 g/mol. The van der Waals surface area contributed by atoms with Crippen molar-refractivity contribution in [1.29, 1.82) is 0 Å². The summed E-state index contributed by atoms with van der Waals surface area (Å²) in [7, 11) is -3.48. The fourth-order valence-electron chi connectivity index (χ4n) is 2.50. The van der Waals surface area contributed by atoms with E-state index in [2.05, 4.69) is 10.3 Å². The molecule has 1 aromatic heterocycles. The van der Waals surface area contributed by atoms with Crippen molar-refractivity contribution in [2.45, 2.75) is 11.4 Å². The van der Waals surface area contributed by atoms with E-state index in [1.807, 2.05) is 0 Å². The largest absolute Gasteiger partial charge is 0.438 e. The first-order valence-corrected chi connectivity index (χ1v) is 11.0. The zero-order chi connectivity index (χ0) is 21.0. The van der Waals surface area contributed by atoms with E-state index in [0.717, 1.165) is 11.8 Å². The maximum Gasteiger partial charge on any atom is 0.251 e. The zero-order valence-electron chi connectivity index (χ0n) is 15.2. The van der Waals surface area contributed by atoms with Crippen molar-refractivity contribution >= 4 is 38.9 Å². The number of hydrogen-bond acceptors (Lipinski definition) is 5. The Bertz CT molecular complexity index is 1170. The number of pyridine rings is 1. The first-order chi connectivity index (χ1) is 13.7. The van der Waals surface area contributed by atoms with Crippen LogP contribution in [0.2, 0.25) is 10.0 Å². The maximum absolute atomic E-state index is 12.5. The second-order valence-corrected chi connectivity index (χ2v) is 8.95. The molecule has 3 aromatic rings. The highest BCUT2D eigenvalue weighted by Gasteiger charge is 2.16. The topological polar surface area (TPSA) is 85.4 Å². The van der Waals surface area contributed by atoms with Gasteiger partial charge in [-0.2, -0.15) is 0 Å². The van der Waals surface area contributed by atoms with Crippen LogP contribution in [0.4, 0.5) is 0 Å². The Labute approximate surface area is 178 Å². The quantitative estimate of drug-likeness (QED) is 0.596. The molecule has 3 rings (SSSR count). The van der Waals surface area contributed by atoms with E-state index < -0.39 is 9.84 Å². The number of carbonyl (C=O) groups is 1. The van der Waals surface area contributed by atoms with Crippen molar-refractivity contribution in [2.75, 3.05) is 6.26 Å². The van der Waals surface area contributed by atoms with Crippen molar-refractivity contribution in [3.8, 4) is 11.6 Å². The predicted octanol–water partition coefficient (Wildman–Crippen LogP) is 4.51. The molecule has 0 atom stereocenters. The second kappa shape index (κ2) is 8.82. The van der Waals surface area contributed by atoms with Gasteiger partial charge in [-0.15, -0.1) is 0 Å². The Morgan fingerprint density at radius 3 is 2.59 bits per heavy atom. The van der Waals surface area contributed by atoms with Crippen LogP contribution in [0.1, 0.15) is 15.9 Å². The lowest BCUT2D eigenvalue weighted by Crippen LogP contribution is -2.23. The van der Waals surface area contributed by atoms with E-state index in [-0.39, 0.29) is 29.0 Å². The average Bonchev–Trinajstić information content (AvgIpc) is 2.67. The van der Waals surface area contributed by atoms with Gasteiger partial charge in [0.2, 0.25) is 5.88 Å². The summed E-state index contributed by atoms with van der Waals surface area (Å²) in [6.45, 7) is 0.213. The summed E-state index contributed by atoms with van der Waals surface area (Å²) in [5, 5.41) is 3.72. The van der Waals surface area contributed by atoms with Crippen LogP contribution in [0.15, 0.2) is 65.7 Å². The van der Waals surface area contributed by atoms with Gasteiger partial charge in [0.1, 0.15) is 10.6 Å². The Morgan fingerprint density at radius 2 is 1.86 bits per heavy atom. The summed E-state index contributed by atoms with van der Waals surface area (Å²) in [5.74, 6) is -0.133. The number of amides is 1. The number of carbonyl (C=O) groups excluding carboxylic acids is 1. The number of ether oxygens (including phenoxy) is 1. The molecule has 1 heterocycles. The van der Waals surface area contributed by atoms with Gasteiger partial charge in [0, 0.05) is 40.7 Å². The summed E-state index contributed by atoms with van der Waals surface area (Å²) in [6.07, 6.45) is 2.50. The molecule has 0 radical (unpaired) electrons. The molecular weight excluding hydrogens is 435 g/mol. The Hall–Kier alpha value is -2.61. The lowest BCUT2D eigenvalue weighted by Gasteiger charge is -2.10. The number of rotatable bonds is 6. The number of sulfone groups is 1. The maximum atomic E-state index is 12.5. The minimum absolute atomic E-state index is 0.0361. The molecule has 2 aromatic carbocycles. The number of halogens is 2. The third kappa shape index (κ3) is 5.47. The number of nitrogens with one attached hydrogen (secondary N) is 1. The number of aromatic nitrogens is 1. The second-order valence-electron chi connectivity index (χ2n) is 6.12. The standard InChI is InChI=1S/C20H16Cl2N2O4S/c1-29(26,27)18-5-3-2-4-17(18)28-19-10-13(8-9-23-19)20(25)24-12-14-6-7-15(21)11-16(14)22/h2-11H,12H2,1H3,(H,24,25). The predicted molar refractivity (Wildman–Crippen MR) is 111 cm³/mol. The van der Waals surface area contributed by atoms with Crippen molar-refractivity contribution in [3.63, 3.8) is 0 Å². The first-order valence-electron chi connectivity index (χ1n) is 8.39. The van der Waals surface area contributed by atoms with Crippen molar-refractivity contribution in [1.82, 2.24) is 10.3 Å². The molecule has 1 N–H and O–H groups in total. The number of nitrogens with zero attached hydrogens (tertiary/aromatic N) is 1. The van der Waals surface area contributed by atoms with E-state index in [1.54, 1.807) is 30.3 Å². The van der Waals surface area contributed by atoms with Gasteiger partial charge in [-0.3, -0.25) is 4.79 Å². The third-order valence-corrected chi connectivity index (χ3v) is 5.64. The molecule has 0 fully saturated rings. The summed E-state index contributed by atoms with van der Waals surface area (Å²) in [4.78, 5) is 16.6. The molecule has 0 aliphatic heterocycles. The molecule has 0 aliphatic rings. The van der Waals surface area contributed by atoms with Gasteiger partial charge < -0.3 is 10.1 Å². The number of hydrogen-bond donors (Lipinski definition) is 1. The smallest absolute Gasteiger partial charge is 0.251 e. The molecule has 0 aliphatic carbocycles. The normalized spacial score (nSPS) is 11.1. The van der Waals surface area contributed by atoms with Crippen LogP contribution in [0, 0.1) is 0 Å². The Morgan fingerprint density at radius 1 is 1.10 bits per heavy atom. The lowest BCUT2D eigenvalue weighted by molar-refractivity contribution is 0.0950. The summed E-state index contributed by atoms with van der Waals surface area (Å²) in [5.41, 5.74) is 1.02. The van der Waals surface area contributed by atoms with Crippen molar-refractivity contribution < 1.29 is 17.9 Å². The molecule has 29 heavy (non-hydrogen) atoms. The van der Waals surface area contributed by atoms with Gasteiger partial charge >= 0.3 is 0 Å². The van der Waals surface area contributed by atoms with Gasteiger partial charge in [0.05, 0.1) is 0 Å². The van der Waals surface area contributed by atoms with Gasteiger partial charge in [0.15, 0.2) is 9.84 Å². The average molecular weight is 451 g/mol. The molecule has 1 amide bonds. The highest BCUT2D eigenvalue weighted by molar-refractivity contribution is 7.90. The minimum atomic E-state index is -3.48. The highest BCUT2D eigenvalue weighted by Crippen LogP contribution is 2.28. The van der Waals surface area contributed by atoms with Crippen molar-refractivity contribution in [2.24, 2.45) is 0 Å². The van der Waals surface area contributed by atoms with Crippen molar-refractivity contribution in [3.05, 3.63) is 82.0 Å². The molecule has 9 heteroatoms. The highest BCUT2D eigenvalue weighted by atomic mass is 35.5. The van der Waals surface area contributed by atoms with Gasteiger partial charge in [-0.25, -0.2) is 13.4 Å². The summed E-state index contributed by atoms with van der Waals surface area (Å²) < 4.78 is 29.4. The lowest BCUT2D eigenvalue weighted by atomic mass is 10.2. The number of para-hydroxylation sites is 1. The molecule has 6 nitrogen and oxygen atoms in total. The van der Waals surface area contributed by atoms with E-state index in [4.69, 9.17) is 27.9 Å². The molecule has 0 saturated heterocycles. The van der Waals surface area contributed by atoms with E-state index in [9.17, 15) is 13.2 Å². The van der Waals surface area contributed by atoms with Crippen LogP contribution in [0.3, 0.4) is 0 Å². The summed E-state index contributed by atoms with van der Waals surface area (Å²) in [6, 6.07) is 14.2. The Kier molecular flexibility index (Phi) is 6.42. The molecule has 0 bridgehead atoms. The number of benzene rings is 2. The van der Waals surface area contributed by atoms with E-state index in [1.165, 1.54) is 30.5 Å². The molecule has 0 saturated carbocycles. The minimum Gasteiger partial charge on any atom is -0.438 e. The van der Waals surface area contributed by atoms with Crippen LogP contribution in [-0.2, 0) is 16.4 Å².